The van der Waals surface area contributed by atoms with Gasteiger partial charge in [0, 0.05) is 13.1 Å². The van der Waals surface area contributed by atoms with Gasteiger partial charge in [0.15, 0.2) is 0 Å². The van der Waals surface area contributed by atoms with Crippen LogP contribution < -0.4 is 15.2 Å². The third-order valence-electron chi connectivity index (χ3n) is 4.81. The molecule has 7 heteroatoms. The van der Waals surface area contributed by atoms with Crippen LogP contribution in [0.1, 0.15) is 24.3 Å². The number of ether oxygens (including phenoxy) is 2. The maximum Gasteiger partial charge on any atom is 0.230 e. The zero-order valence-electron chi connectivity index (χ0n) is 15.4. The minimum Gasteiger partial charge on any atom is -0.497 e. The van der Waals surface area contributed by atoms with E-state index in [4.69, 9.17) is 19.6 Å². The van der Waals surface area contributed by atoms with E-state index >= 15 is 0 Å². The van der Waals surface area contributed by atoms with Crippen molar-refractivity contribution in [1.29, 1.82) is 0 Å². The summed E-state index contributed by atoms with van der Waals surface area (Å²) in [6.45, 7) is 4.12. The van der Waals surface area contributed by atoms with Gasteiger partial charge in [0.1, 0.15) is 17.3 Å². The Hall–Kier alpha value is -2.54. The number of amides is 1. The van der Waals surface area contributed by atoms with E-state index in [-0.39, 0.29) is 11.8 Å². The summed E-state index contributed by atoms with van der Waals surface area (Å²) < 4.78 is 16.6. The van der Waals surface area contributed by atoms with Crippen molar-refractivity contribution < 1.29 is 18.7 Å². The minimum absolute atomic E-state index is 0.0890. The van der Waals surface area contributed by atoms with Gasteiger partial charge < -0.3 is 19.6 Å². The van der Waals surface area contributed by atoms with Crippen LogP contribution >= 0.6 is 0 Å². The van der Waals surface area contributed by atoms with Crippen LogP contribution in [0.25, 0.3) is 11.5 Å². The highest BCUT2D eigenvalue weighted by molar-refractivity contribution is 5.76. The fourth-order valence-electron chi connectivity index (χ4n) is 3.31. The molecule has 26 heavy (non-hydrogen) atoms. The highest BCUT2D eigenvalue weighted by Gasteiger charge is 2.25. The quantitative estimate of drug-likeness (QED) is 0.851. The first-order chi connectivity index (χ1) is 12.5. The van der Waals surface area contributed by atoms with Crippen molar-refractivity contribution in [3.63, 3.8) is 0 Å². The Balaban J connectivity index is 1.82. The Labute approximate surface area is 153 Å². The molecule has 1 amide bonds. The molecule has 7 nitrogen and oxygen atoms in total. The number of rotatable bonds is 6. The van der Waals surface area contributed by atoms with Crippen LogP contribution in [0.2, 0.25) is 0 Å². The normalized spacial score (nSPS) is 17.9. The summed E-state index contributed by atoms with van der Waals surface area (Å²) in [5.41, 5.74) is 7.07. The van der Waals surface area contributed by atoms with Crippen molar-refractivity contribution in [3.8, 4) is 23.0 Å². The number of carbonyl (C=O) groups is 1. The number of aromatic nitrogens is 1. The predicted octanol–water partition coefficient (Wildman–Crippen LogP) is 2.36. The fraction of sp³-hybridized carbons (Fsp3) is 0.474. The molecule has 1 atom stereocenters. The zero-order valence-corrected chi connectivity index (χ0v) is 15.4. The number of nitrogens with zero attached hydrogens (tertiary/aromatic N) is 2. The molecule has 0 unspecified atom stereocenters. The lowest BCUT2D eigenvalue weighted by Gasteiger charge is -2.30. The van der Waals surface area contributed by atoms with Crippen LogP contribution in [-0.2, 0) is 11.3 Å². The molecule has 0 aliphatic carbocycles. The molecule has 2 aromatic rings. The van der Waals surface area contributed by atoms with Gasteiger partial charge in [0.25, 0.3) is 0 Å². The van der Waals surface area contributed by atoms with Crippen LogP contribution in [-0.4, -0.2) is 43.1 Å². The van der Waals surface area contributed by atoms with Crippen LogP contribution in [0.5, 0.6) is 11.5 Å². The summed E-state index contributed by atoms with van der Waals surface area (Å²) in [7, 11) is 3.23. The SMILES string of the molecule is COc1ccc(OC)c(-c2nc(CN3CCC[C@@H](C(N)=O)C3)c(C)o2)c1. The summed E-state index contributed by atoms with van der Waals surface area (Å²) in [6.07, 6.45) is 1.82. The molecule has 2 N–H and O–H groups in total. The smallest absolute Gasteiger partial charge is 0.230 e. The molecule has 1 fully saturated rings. The van der Waals surface area contributed by atoms with E-state index in [1.165, 1.54) is 0 Å². The van der Waals surface area contributed by atoms with E-state index in [1.807, 2.05) is 25.1 Å². The molecule has 1 aromatic carbocycles. The largest absolute Gasteiger partial charge is 0.497 e. The number of carbonyl (C=O) groups excluding carboxylic acids is 1. The Morgan fingerprint density at radius 1 is 1.38 bits per heavy atom. The van der Waals surface area contributed by atoms with Gasteiger partial charge in [0.05, 0.1) is 31.4 Å². The lowest BCUT2D eigenvalue weighted by atomic mass is 9.97. The number of piperidine rings is 1. The highest BCUT2D eigenvalue weighted by Crippen LogP contribution is 2.34. The number of methoxy groups -OCH3 is 2. The van der Waals surface area contributed by atoms with E-state index in [0.717, 1.165) is 36.4 Å². The monoisotopic (exact) mass is 359 g/mol. The highest BCUT2D eigenvalue weighted by atomic mass is 16.5. The van der Waals surface area contributed by atoms with Crippen molar-refractivity contribution in [3.05, 3.63) is 29.7 Å². The molecule has 3 rings (SSSR count). The average molecular weight is 359 g/mol. The average Bonchev–Trinajstić information content (AvgIpc) is 3.01. The van der Waals surface area contributed by atoms with E-state index in [0.29, 0.717) is 30.5 Å². The molecule has 2 heterocycles. The molecule has 0 radical (unpaired) electrons. The van der Waals surface area contributed by atoms with Gasteiger partial charge in [-0.3, -0.25) is 9.69 Å². The zero-order chi connectivity index (χ0) is 18.7. The number of likely N-dealkylation sites (tertiary alicyclic amines) is 1. The molecule has 0 bridgehead atoms. The van der Waals surface area contributed by atoms with Crippen LogP contribution in [0, 0.1) is 12.8 Å². The maximum atomic E-state index is 11.5. The summed E-state index contributed by atoms with van der Waals surface area (Å²) in [5.74, 6) is 2.31. The third-order valence-corrected chi connectivity index (χ3v) is 4.81. The summed E-state index contributed by atoms with van der Waals surface area (Å²) in [4.78, 5) is 18.3. The predicted molar refractivity (Wildman–Crippen MR) is 97.0 cm³/mol. The number of aryl methyl sites for hydroxylation is 1. The Morgan fingerprint density at radius 3 is 2.88 bits per heavy atom. The van der Waals surface area contributed by atoms with E-state index < -0.39 is 0 Å². The van der Waals surface area contributed by atoms with Crippen molar-refractivity contribution >= 4 is 5.91 Å². The first-order valence-electron chi connectivity index (χ1n) is 8.72. The number of hydrogen-bond donors (Lipinski definition) is 1. The molecular formula is C19H25N3O4. The second kappa shape index (κ2) is 7.78. The number of oxazole rings is 1. The van der Waals surface area contributed by atoms with Crippen LogP contribution in [0.15, 0.2) is 22.6 Å². The van der Waals surface area contributed by atoms with E-state index in [9.17, 15) is 4.79 Å². The number of primary amides is 1. The number of hydrogen-bond acceptors (Lipinski definition) is 6. The Morgan fingerprint density at radius 2 is 2.19 bits per heavy atom. The van der Waals surface area contributed by atoms with Gasteiger partial charge in [-0.05, 0) is 44.5 Å². The summed E-state index contributed by atoms with van der Waals surface area (Å²) >= 11 is 0. The minimum atomic E-state index is -0.228. The molecule has 0 saturated carbocycles. The molecule has 1 aliphatic heterocycles. The van der Waals surface area contributed by atoms with Crippen molar-refractivity contribution in [2.45, 2.75) is 26.3 Å². The Kier molecular flexibility index (Phi) is 5.46. The van der Waals surface area contributed by atoms with Crippen molar-refractivity contribution in [2.24, 2.45) is 11.7 Å². The topological polar surface area (TPSA) is 90.8 Å². The number of nitrogens with two attached hydrogens (primary N) is 1. The molecule has 140 valence electrons. The van der Waals surface area contributed by atoms with Gasteiger partial charge in [-0.1, -0.05) is 0 Å². The van der Waals surface area contributed by atoms with Crippen LogP contribution in [0.3, 0.4) is 0 Å². The number of benzene rings is 1. The van der Waals surface area contributed by atoms with Crippen molar-refractivity contribution in [2.75, 3.05) is 27.3 Å². The third kappa shape index (κ3) is 3.83. The van der Waals surface area contributed by atoms with Gasteiger partial charge >= 0.3 is 0 Å². The second-order valence-electron chi connectivity index (χ2n) is 6.56. The van der Waals surface area contributed by atoms with E-state index in [2.05, 4.69) is 9.88 Å². The molecule has 1 aliphatic rings. The first-order valence-corrected chi connectivity index (χ1v) is 8.72. The van der Waals surface area contributed by atoms with Gasteiger partial charge in [-0.15, -0.1) is 0 Å². The van der Waals surface area contributed by atoms with Crippen molar-refractivity contribution in [1.82, 2.24) is 9.88 Å². The lowest BCUT2D eigenvalue weighted by Crippen LogP contribution is -2.40. The summed E-state index contributed by atoms with van der Waals surface area (Å²) in [5, 5.41) is 0. The standard InChI is InChI=1S/C19H25N3O4/c1-12-16(11-22-8-4-5-13(10-22)18(20)23)21-19(26-12)15-9-14(24-2)6-7-17(15)25-3/h6-7,9,13H,4-5,8,10-11H2,1-3H3,(H2,20,23)/t13-/m1/s1. The van der Waals surface area contributed by atoms with Gasteiger partial charge in [0.2, 0.25) is 11.8 Å². The van der Waals surface area contributed by atoms with Gasteiger partial charge in [-0.2, -0.15) is 0 Å². The van der Waals surface area contributed by atoms with Crippen LogP contribution in [0.4, 0.5) is 0 Å². The molecule has 0 spiro atoms. The Bertz CT molecular complexity index is 787. The van der Waals surface area contributed by atoms with E-state index in [1.54, 1.807) is 14.2 Å². The second-order valence-corrected chi connectivity index (χ2v) is 6.56. The molecule has 1 saturated heterocycles. The first kappa shape index (κ1) is 18.3. The maximum absolute atomic E-state index is 11.5. The fourth-order valence-corrected chi connectivity index (χ4v) is 3.31. The van der Waals surface area contributed by atoms with Gasteiger partial charge in [-0.25, -0.2) is 4.98 Å². The summed E-state index contributed by atoms with van der Waals surface area (Å²) in [6, 6.07) is 5.50. The molecule has 1 aromatic heterocycles. The molecular weight excluding hydrogens is 334 g/mol. The lowest BCUT2D eigenvalue weighted by molar-refractivity contribution is -0.123.